The first kappa shape index (κ1) is 30.9. The van der Waals surface area contributed by atoms with Crippen molar-refractivity contribution in [1.82, 2.24) is 20.4 Å². The summed E-state index contributed by atoms with van der Waals surface area (Å²) in [5.74, 6) is -2.19. The zero-order valence-electron chi connectivity index (χ0n) is 23.7. The number of benzene rings is 1. The maximum atomic E-state index is 12.9. The fourth-order valence-electron chi connectivity index (χ4n) is 5.01. The first-order chi connectivity index (χ1) is 18.9. The van der Waals surface area contributed by atoms with Gasteiger partial charge in [0.15, 0.2) is 0 Å². The molecule has 4 amide bonds. The van der Waals surface area contributed by atoms with E-state index >= 15 is 0 Å². The number of carbonyl (C=O) groups excluding carboxylic acids is 4. The van der Waals surface area contributed by atoms with Crippen LogP contribution in [0.4, 0.5) is 4.79 Å². The SMILES string of the molecule is CC(C)(C)OC(=O)N1CCC(CCC(=O)N2CCC[C@@H](C(=O)NCC(NC(=O)c3ccccc3)C(=O)O)C2)CC1. The Morgan fingerprint density at radius 2 is 1.68 bits per heavy atom. The van der Waals surface area contributed by atoms with Gasteiger partial charge in [-0.25, -0.2) is 9.59 Å². The molecule has 2 saturated heterocycles. The maximum absolute atomic E-state index is 12.9. The van der Waals surface area contributed by atoms with Crippen molar-refractivity contribution in [2.75, 3.05) is 32.7 Å². The van der Waals surface area contributed by atoms with Gasteiger partial charge in [0, 0.05) is 44.7 Å². The Morgan fingerprint density at radius 1 is 1.00 bits per heavy atom. The number of nitrogens with zero attached hydrogens (tertiary/aromatic N) is 2. The number of hydrogen-bond donors (Lipinski definition) is 3. The molecule has 2 fully saturated rings. The lowest BCUT2D eigenvalue weighted by atomic mass is 9.91. The first-order valence-corrected chi connectivity index (χ1v) is 14.0. The molecule has 2 aliphatic rings. The second-order valence-corrected chi connectivity index (χ2v) is 11.6. The van der Waals surface area contributed by atoms with Crippen LogP contribution in [0.2, 0.25) is 0 Å². The topological polar surface area (TPSA) is 145 Å². The average molecular weight is 559 g/mol. The molecule has 1 unspecified atom stereocenters. The van der Waals surface area contributed by atoms with Crippen LogP contribution in [-0.4, -0.2) is 89.1 Å². The highest BCUT2D eigenvalue weighted by Gasteiger charge is 2.31. The van der Waals surface area contributed by atoms with Crippen LogP contribution in [0.15, 0.2) is 30.3 Å². The number of hydrogen-bond acceptors (Lipinski definition) is 6. The largest absolute Gasteiger partial charge is 0.480 e. The quantitative estimate of drug-likeness (QED) is 0.422. The van der Waals surface area contributed by atoms with Crippen molar-refractivity contribution in [3.63, 3.8) is 0 Å². The summed E-state index contributed by atoms with van der Waals surface area (Å²) in [6.45, 7) is 7.39. The second-order valence-electron chi connectivity index (χ2n) is 11.6. The maximum Gasteiger partial charge on any atom is 0.410 e. The molecular formula is C29H42N4O7. The molecule has 2 heterocycles. The molecule has 2 aliphatic heterocycles. The molecule has 11 heteroatoms. The van der Waals surface area contributed by atoms with Gasteiger partial charge in [-0.2, -0.15) is 0 Å². The van der Waals surface area contributed by atoms with Crippen LogP contribution in [0.3, 0.4) is 0 Å². The van der Waals surface area contributed by atoms with Gasteiger partial charge in [0.25, 0.3) is 5.91 Å². The average Bonchev–Trinajstić information content (AvgIpc) is 2.93. The highest BCUT2D eigenvalue weighted by atomic mass is 16.6. The lowest BCUT2D eigenvalue weighted by Crippen LogP contribution is -2.51. The molecule has 2 atom stereocenters. The Bertz CT molecular complexity index is 1050. The van der Waals surface area contributed by atoms with Crippen molar-refractivity contribution in [3.8, 4) is 0 Å². The second kappa shape index (κ2) is 14.1. The van der Waals surface area contributed by atoms with E-state index in [1.165, 1.54) is 0 Å². The van der Waals surface area contributed by atoms with Crippen LogP contribution in [0.25, 0.3) is 0 Å². The summed E-state index contributed by atoms with van der Waals surface area (Å²) in [5, 5.41) is 14.6. The molecule has 0 saturated carbocycles. The van der Waals surface area contributed by atoms with Gasteiger partial charge >= 0.3 is 12.1 Å². The smallest absolute Gasteiger partial charge is 0.410 e. The summed E-state index contributed by atoms with van der Waals surface area (Å²) in [4.78, 5) is 65.5. The Morgan fingerprint density at radius 3 is 2.30 bits per heavy atom. The fourth-order valence-corrected chi connectivity index (χ4v) is 5.01. The Labute approximate surface area is 235 Å². The molecule has 0 radical (unpaired) electrons. The number of aliphatic carboxylic acids is 1. The van der Waals surface area contributed by atoms with E-state index in [2.05, 4.69) is 10.6 Å². The number of ether oxygens (including phenoxy) is 1. The molecule has 3 N–H and O–H groups in total. The molecular weight excluding hydrogens is 516 g/mol. The van der Waals surface area contributed by atoms with Gasteiger partial charge < -0.3 is 30.3 Å². The number of piperidine rings is 2. The molecule has 3 rings (SSSR count). The lowest BCUT2D eigenvalue weighted by molar-refractivity contribution is -0.139. The fraction of sp³-hybridized carbons (Fsp3) is 0.621. The third-order valence-electron chi connectivity index (χ3n) is 7.30. The number of carbonyl (C=O) groups is 5. The highest BCUT2D eigenvalue weighted by Crippen LogP contribution is 2.25. The van der Waals surface area contributed by atoms with Crippen LogP contribution in [0, 0.1) is 11.8 Å². The van der Waals surface area contributed by atoms with Crippen molar-refractivity contribution in [2.45, 2.75) is 70.9 Å². The minimum atomic E-state index is -1.28. The summed E-state index contributed by atoms with van der Waals surface area (Å²) in [6, 6.07) is 6.98. The molecule has 0 bridgehead atoms. The van der Waals surface area contributed by atoms with Gasteiger partial charge in [0.2, 0.25) is 11.8 Å². The van der Waals surface area contributed by atoms with Gasteiger partial charge in [-0.3, -0.25) is 14.4 Å². The summed E-state index contributed by atoms with van der Waals surface area (Å²) in [5.41, 5.74) is -0.199. The minimum absolute atomic E-state index is 0.00519. The normalized spacial score (nSPS) is 18.9. The third-order valence-corrected chi connectivity index (χ3v) is 7.30. The van der Waals surface area contributed by atoms with E-state index in [9.17, 15) is 29.1 Å². The summed E-state index contributed by atoms with van der Waals surface area (Å²) in [6.07, 6.45) is 3.76. The number of nitrogens with one attached hydrogen (secondary N) is 2. The zero-order valence-corrected chi connectivity index (χ0v) is 23.7. The lowest BCUT2D eigenvalue weighted by Gasteiger charge is -2.34. The van der Waals surface area contributed by atoms with Crippen LogP contribution in [-0.2, 0) is 19.1 Å². The molecule has 0 spiro atoms. The molecule has 1 aromatic rings. The minimum Gasteiger partial charge on any atom is -0.480 e. The van der Waals surface area contributed by atoms with Crippen molar-refractivity contribution in [2.24, 2.45) is 11.8 Å². The number of rotatable bonds is 9. The van der Waals surface area contributed by atoms with Crippen LogP contribution < -0.4 is 10.6 Å². The first-order valence-electron chi connectivity index (χ1n) is 14.0. The molecule has 220 valence electrons. The van der Waals surface area contributed by atoms with Crippen LogP contribution in [0.5, 0.6) is 0 Å². The van der Waals surface area contributed by atoms with Gasteiger partial charge in [0.1, 0.15) is 11.6 Å². The van der Waals surface area contributed by atoms with E-state index in [1.807, 2.05) is 20.8 Å². The van der Waals surface area contributed by atoms with Crippen molar-refractivity contribution < 1.29 is 33.8 Å². The Balaban J connectivity index is 1.40. The number of carboxylic acid groups (broad SMARTS) is 1. The monoisotopic (exact) mass is 558 g/mol. The van der Waals surface area contributed by atoms with Crippen LogP contribution >= 0.6 is 0 Å². The van der Waals surface area contributed by atoms with E-state index < -0.39 is 29.4 Å². The molecule has 0 aromatic heterocycles. The van der Waals surface area contributed by atoms with Gasteiger partial charge in [0.05, 0.1) is 5.92 Å². The Kier molecular flexibility index (Phi) is 10.9. The summed E-state index contributed by atoms with van der Waals surface area (Å²) >= 11 is 0. The molecule has 11 nitrogen and oxygen atoms in total. The molecule has 1 aromatic carbocycles. The molecule has 0 aliphatic carbocycles. The predicted molar refractivity (Wildman–Crippen MR) is 147 cm³/mol. The number of likely N-dealkylation sites (tertiary alicyclic amines) is 2. The van der Waals surface area contributed by atoms with Gasteiger partial charge in [-0.15, -0.1) is 0 Å². The van der Waals surface area contributed by atoms with E-state index in [1.54, 1.807) is 40.1 Å². The number of amides is 4. The van der Waals surface area contributed by atoms with E-state index in [-0.39, 0.29) is 31.0 Å². The van der Waals surface area contributed by atoms with Crippen LogP contribution in [0.1, 0.15) is 69.7 Å². The van der Waals surface area contributed by atoms with E-state index in [0.29, 0.717) is 50.4 Å². The molecule has 40 heavy (non-hydrogen) atoms. The number of carboxylic acids is 1. The van der Waals surface area contributed by atoms with Crippen molar-refractivity contribution >= 4 is 29.8 Å². The zero-order chi connectivity index (χ0) is 29.3. The standard InChI is InChI=1S/C29H42N4O7/c1-29(2,3)40-28(39)32-16-13-20(14-17-32)11-12-24(34)33-15-7-10-22(19-33)25(35)30-18-23(27(37)38)31-26(36)21-8-5-4-6-9-21/h4-6,8-9,20,22-23H,7,10-19H2,1-3H3,(H,30,35)(H,31,36)(H,37,38)/t22-,23?/m1/s1. The van der Waals surface area contributed by atoms with Crippen molar-refractivity contribution in [3.05, 3.63) is 35.9 Å². The third kappa shape index (κ3) is 9.53. The summed E-state index contributed by atoms with van der Waals surface area (Å²) in [7, 11) is 0. The highest BCUT2D eigenvalue weighted by molar-refractivity contribution is 5.96. The van der Waals surface area contributed by atoms with Gasteiger partial charge in [-0.1, -0.05) is 18.2 Å². The summed E-state index contributed by atoms with van der Waals surface area (Å²) < 4.78 is 5.44. The predicted octanol–water partition coefficient (Wildman–Crippen LogP) is 2.65. The van der Waals surface area contributed by atoms with Gasteiger partial charge in [-0.05, 0) is 70.9 Å². The van der Waals surface area contributed by atoms with Crippen molar-refractivity contribution in [1.29, 1.82) is 0 Å². The van der Waals surface area contributed by atoms with E-state index in [0.717, 1.165) is 19.3 Å². The Hall–Kier alpha value is -3.63. The van der Waals surface area contributed by atoms with E-state index in [4.69, 9.17) is 4.74 Å².